The highest BCUT2D eigenvalue weighted by atomic mass is 16.2. The molecule has 0 atom stereocenters. The van der Waals surface area contributed by atoms with Gasteiger partial charge in [0, 0.05) is 12.7 Å². The van der Waals surface area contributed by atoms with Crippen LogP contribution in [0.25, 0.3) is 22.6 Å². The molecule has 0 unspecified atom stereocenters. The number of benzene rings is 1. The van der Waals surface area contributed by atoms with Gasteiger partial charge in [-0.15, -0.1) is 0 Å². The summed E-state index contributed by atoms with van der Waals surface area (Å²) >= 11 is 0. The van der Waals surface area contributed by atoms with Crippen LogP contribution in [-0.4, -0.2) is 29.3 Å². The van der Waals surface area contributed by atoms with Gasteiger partial charge in [-0.05, 0) is 12.0 Å². The Hall–Kier alpha value is -3.42. The largest absolute Gasteiger partial charge is 0.332 e. The molecular formula is C18H18N6O2. The Morgan fingerprint density at radius 3 is 2.69 bits per heavy atom. The van der Waals surface area contributed by atoms with Gasteiger partial charge in [-0.25, -0.2) is 9.78 Å². The fourth-order valence-electron chi connectivity index (χ4n) is 2.92. The molecule has 8 nitrogen and oxygen atoms in total. The summed E-state index contributed by atoms with van der Waals surface area (Å²) in [4.78, 5) is 34.5. The van der Waals surface area contributed by atoms with Gasteiger partial charge in [0.2, 0.25) is 0 Å². The molecule has 0 spiro atoms. The van der Waals surface area contributed by atoms with Crippen molar-refractivity contribution in [1.29, 1.82) is 0 Å². The summed E-state index contributed by atoms with van der Waals surface area (Å²) in [5.74, 6) is 0.501. The molecule has 132 valence electrons. The zero-order valence-corrected chi connectivity index (χ0v) is 14.3. The number of aromatic nitrogens is 6. The lowest BCUT2D eigenvalue weighted by atomic mass is 10.2. The summed E-state index contributed by atoms with van der Waals surface area (Å²) in [5.41, 5.74) is 1.64. The van der Waals surface area contributed by atoms with Crippen molar-refractivity contribution in [2.24, 2.45) is 0 Å². The first-order valence-corrected chi connectivity index (χ1v) is 8.45. The van der Waals surface area contributed by atoms with Gasteiger partial charge in [-0.3, -0.25) is 19.0 Å². The first kappa shape index (κ1) is 16.1. The molecule has 0 aliphatic rings. The van der Waals surface area contributed by atoms with Crippen LogP contribution in [0.4, 0.5) is 0 Å². The first-order chi connectivity index (χ1) is 12.7. The second kappa shape index (κ2) is 6.47. The van der Waals surface area contributed by atoms with E-state index in [9.17, 15) is 9.59 Å². The lowest BCUT2D eigenvalue weighted by Crippen LogP contribution is -2.34. The summed E-state index contributed by atoms with van der Waals surface area (Å²) in [5, 5.41) is 4.35. The van der Waals surface area contributed by atoms with Crippen LogP contribution in [0.3, 0.4) is 0 Å². The van der Waals surface area contributed by atoms with E-state index in [1.807, 2.05) is 43.5 Å². The van der Waals surface area contributed by atoms with Gasteiger partial charge >= 0.3 is 5.69 Å². The predicted molar refractivity (Wildman–Crippen MR) is 98.0 cm³/mol. The van der Waals surface area contributed by atoms with E-state index in [2.05, 4.69) is 20.1 Å². The van der Waals surface area contributed by atoms with Gasteiger partial charge in [0.1, 0.15) is 11.3 Å². The fraction of sp³-hybridized carbons (Fsp3) is 0.222. The van der Waals surface area contributed by atoms with Gasteiger partial charge in [-0.1, -0.05) is 37.3 Å². The molecule has 3 aromatic heterocycles. The molecule has 0 amide bonds. The van der Waals surface area contributed by atoms with Gasteiger partial charge in [-0.2, -0.15) is 5.10 Å². The Kier molecular flexibility index (Phi) is 4.00. The van der Waals surface area contributed by atoms with E-state index in [1.54, 1.807) is 10.9 Å². The van der Waals surface area contributed by atoms with Crippen molar-refractivity contribution >= 4 is 11.2 Å². The van der Waals surface area contributed by atoms with Crippen LogP contribution in [0, 0.1) is 0 Å². The van der Waals surface area contributed by atoms with E-state index in [-0.39, 0.29) is 11.2 Å². The molecular weight excluding hydrogens is 332 g/mol. The minimum Gasteiger partial charge on any atom is -0.332 e. The molecule has 3 heterocycles. The van der Waals surface area contributed by atoms with Crippen LogP contribution < -0.4 is 11.2 Å². The highest BCUT2D eigenvalue weighted by Crippen LogP contribution is 2.17. The number of rotatable bonds is 5. The molecule has 26 heavy (non-hydrogen) atoms. The second-order valence-electron chi connectivity index (χ2n) is 6.11. The highest BCUT2D eigenvalue weighted by molar-refractivity contribution is 5.74. The fourth-order valence-corrected chi connectivity index (χ4v) is 2.92. The number of hydrogen-bond donors (Lipinski definition) is 2. The Labute approximate surface area is 148 Å². The highest BCUT2D eigenvalue weighted by Gasteiger charge is 2.14. The van der Waals surface area contributed by atoms with Gasteiger partial charge in [0.15, 0.2) is 5.65 Å². The number of nitrogens with one attached hydrogen (secondary N) is 2. The molecule has 8 heteroatoms. The molecule has 1 aromatic carbocycles. The van der Waals surface area contributed by atoms with Crippen LogP contribution in [0.5, 0.6) is 0 Å². The maximum absolute atomic E-state index is 12.5. The Morgan fingerprint density at radius 1 is 1.12 bits per heavy atom. The summed E-state index contributed by atoms with van der Waals surface area (Å²) < 4.78 is 2.99. The van der Waals surface area contributed by atoms with Crippen molar-refractivity contribution in [2.75, 3.05) is 0 Å². The molecule has 4 aromatic rings. The summed E-state index contributed by atoms with van der Waals surface area (Å²) in [6.07, 6.45) is 4.23. The number of aromatic amines is 2. The van der Waals surface area contributed by atoms with Crippen LogP contribution in [0.1, 0.15) is 18.9 Å². The standard InChI is InChI=1S/C18H18N6O2/c1-2-8-24-17(25)14-16(22-18(24)26)21-15(20-14)13-9-19-23(11-13)10-12-6-4-3-5-7-12/h3-7,9,11H,2,8,10H2,1H3,(H,20,21)(H,22,26). The number of imidazole rings is 1. The lowest BCUT2D eigenvalue weighted by molar-refractivity contribution is 0.622. The Balaban J connectivity index is 1.70. The normalized spacial score (nSPS) is 11.3. The van der Waals surface area contributed by atoms with Crippen molar-refractivity contribution in [3.05, 3.63) is 69.1 Å². The SMILES string of the molecule is CCCn1c(=O)[nH]c2nc(-c3cnn(Cc4ccccc4)c3)[nH]c2c1=O. The van der Waals surface area contributed by atoms with Crippen LogP contribution in [0.2, 0.25) is 0 Å². The molecule has 0 fully saturated rings. The second-order valence-corrected chi connectivity index (χ2v) is 6.11. The first-order valence-electron chi connectivity index (χ1n) is 8.45. The van der Waals surface area contributed by atoms with E-state index in [0.29, 0.717) is 30.9 Å². The third-order valence-corrected chi connectivity index (χ3v) is 4.17. The quantitative estimate of drug-likeness (QED) is 0.572. The smallest absolute Gasteiger partial charge is 0.330 e. The third-order valence-electron chi connectivity index (χ3n) is 4.17. The van der Waals surface area contributed by atoms with Crippen molar-refractivity contribution in [1.82, 2.24) is 29.3 Å². The van der Waals surface area contributed by atoms with Crippen LogP contribution in [0.15, 0.2) is 52.3 Å². The number of nitrogens with zero attached hydrogens (tertiary/aromatic N) is 4. The topological polar surface area (TPSA) is 101 Å². The van der Waals surface area contributed by atoms with Crippen LogP contribution in [-0.2, 0) is 13.1 Å². The molecule has 0 saturated heterocycles. The molecule has 0 bridgehead atoms. The number of hydrogen-bond acceptors (Lipinski definition) is 4. The molecule has 0 saturated carbocycles. The van der Waals surface area contributed by atoms with E-state index < -0.39 is 5.69 Å². The predicted octanol–water partition coefficient (Wildman–Crippen LogP) is 1.73. The third kappa shape index (κ3) is 2.85. The van der Waals surface area contributed by atoms with E-state index in [4.69, 9.17) is 0 Å². The molecule has 0 aliphatic carbocycles. The number of fused-ring (bicyclic) bond motifs is 1. The average Bonchev–Trinajstić information content (AvgIpc) is 3.26. The average molecular weight is 350 g/mol. The minimum absolute atomic E-state index is 0.262. The summed E-state index contributed by atoms with van der Waals surface area (Å²) in [6, 6.07) is 10.00. The van der Waals surface area contributed by atoms with Gasteiger partial charge in [0.25, 0.3) is 5.56 Å². The van der Waals surface area contributed by atoms with E-state index >= 15 is 0 Å². The molecule has 2 N–H and O–H groups in total. The van der Waals surface area contributed by atoms with Crippen molar-refractivity contribution in [3.63, 3.8) is 0 Å². The van der Waals surface area contributed by atoms with Gasteiger partial charge < -0.3 is 4.98 Å². The minimum atomic E-state index is -0.442. The summed E-state index contributed by atoms with van der Waals surface area (Å²) in [6.45, 7) is 2.92. The Bertz CT molecular complexity index is 1170. The molecule has 4 rings (SSSR count). The monoisotopic (exact) mass is 350 g/mol. The zero-order chi connectivity index (χ0) is 18.1. The van der Waals surface area contributed by atoms with Crippen molar-refractivity contribution in [2.45, 2.75) is 26.4 Å². The lowest BCUT2D eigenvalue weighted by Gasteiger charge is -2.00. The Morgan fingerprint density at radius 2 is 1.92 bits per heavy atom. The molecule has 0 radical (unpaired) electrons. The summed E-state index contributed by atoms with van der Waals surface area (Å²) in [7, 11) is 0. The van der Waals surface area contributed by atoms with Crippen molar-refractivity contribution in [3.8, 4) is 11.4 Å². The maximum atomic E-state index is 12.5. The van der Waals surface area contributed by atoms with Gasteiger partial charge in [0.05, 0.1) is 18.3 Å². The van der Waals surface area contributed by atoms with E-state index in [0.717, 1.165) is 11.1 Å². The number of H-pyrrole nitrogens is 2. The maximum Gasteiger partial charge on any atom is 0.330 e. The zero-order valence-electron chi connectivity index (χ0n) is 14.3. The molecule has 0 aliphatic heterocycles. The van der Waals surface area contributed by atoms with Crippen molar-refractivity contribution < 1.29 is 0 Å². The van der Waals surface area contributed by atoms with Crippen LogP contribution >= 0.6 is 0 Å². The van der Waals surface area contributed by atoms with E-state index in [1.165, 1.54) is 4.57 Å².